The lowest BCUT2D eigenvalue weighted by molar-refractivity contribution is -0.317. The van der Waals surface area contributed by atoms with Crippen LogP contribution in [0.2, 0.25) is 0 Å². The monoisotopic (exact) mass is 470 g/mol. The number of alkyl halides is 3. The number of rotatable bonds is 7. The highest BCUT2D eigenvalue weighted by atomic mass is 19.4. The van der Waals surface area contributed by atoms with E-state index in [1.54, 1.807) is 0 Å². The van der Waals surface area contributed by atoms with Crippen molar-refractivity contribution in [3.8, 4) is 0 Å². The van der Waals surface area contributed by atoms with Gasteiger partial charge in [-0.1, -0.05) is 91.0 Å². The molecular formula is C28H29F3O3. The van der Waals surface area contributed by atoms with Crippen molar-refractivity contribution in [1.82, 2.24) is 0 Å². The summed E-state index contributed by atoms with van der Waals surface area (Å²) in [6.07, 6.45) is -6.32. The Hall–Kier alpha value is -2.67. The van der Waals surface area contributed by atoms with Gasteiger partial charge in [-0.25, -0.2) is 0 Å². The molecule has 34 heavy (non-hydrogen) atoms. The van der Waals surface area contributed by atoms with Crippen LogP contribution in [0.15, 0.2) is 91.0 Å². The van der Waals surface area contributed by atoms with Crippen LogP contribution in [-0.2, 0) is 19.8 Å². The Morgan fingerprint density at radius 1 is 0.824 bits per heavy atom. The molecule has 3 atom stereocenters. The van der Waals surface area contributed by atoms with E-state index in [1.807, 2.05) is 91.0 Å². The van der Waals surface area contributed by atoms with Crippen molar-refractivity contribution in [2.75, 3.05) is 13.7 Å². The number of halogens is 3. The van der Waals surface area contributed by atoms with Crippen LogP contribution in [0, 0.1) is 5.41 Å². The second-order valence-electron chi connectivity index (χ2n) is 8.83. The molecule has 1 saturated heterocycles. The lowest BCUT2D eigenvalue weighted by Gasteiger charge is -2.46. The van der Waals surface area contributed by atoms with E-state index in [-0.39, 0.29) is 19.4 Å². The standard InChI is InChI=1S/C28H29F3O3/c1-26(28(29,30)31)19-18-25(32-2)34-24(26)20-33-27(21-12-6-3-7-13-21,22-14-8-4-9-15-22)23-16-10-5-11-17-23/h3-17,24-25H,18-20H2,1-2H3/t24-,25+,26+/m1/s1. The molecule has 6 heteroatoms. The molecule has 1 aliphatic rings. The van der Waals surface area contributed by atoms with E-state index in [2.05, 4.69) is 0 Å². The smallest absolute Gasteiger partial charge is 0.358 e. The summed E-state index contributed by atoms with van der Waals surface area (Å²) in [6, 6.07) is 28.7. The summed E-state index contributed by atoms with van der Waals surface area (Å²) in [6.45, 7) is 0.941. The molecule has 0 spiro atoms. The minimum absolute atomic E-state index is 0.0992. The van der Waals surface area contributed by atoms with Crippen molar-refractivity contribution < 1.29 is 27.4 Å². The zero-order chi connectivity index (χ0) is 24.2. The van der Waals surface area contributed by atoms with Crippen molar-refractivity contribution in [3.63, 3.8) is 0 Å². The van der Waals surface area contributed by atoms with Crippen molar-refractivity contribution in [2.45, 2.75) is 43.9 Å². The van der Waals surface area contributed by atoms with Crippen LogP contribution in [-0.4, -0.2) is 32.3 Å². The van der Waals surface area contributed by atoms with Crippen LogP contribution in [0.1, 0.15) is 36.5 Å². The molecule has 1 heterocycles. The fraction of sp³-hybridized carbons (Fsp3) is 0.357. The molecule has 0 N–H and O–H groups in total. The van der Waals surface area contributed by atoms with Gasteiger partial charge in [0, 0.05) is 7.11 Å². The fourth-order valence-electron chi connectivity index (χ4n) is 4.67. The molecule has 1 aliphatic heterocycles. The summed E-state index contributed by atoms with van der Waals surface area (Å²) in [5, 5.41) is 0. The Bertz CT molecular complexity index is 944. The molecule has 3 aromatic carbocycles. The maximum atomic E-state index is 14.2. The maximum absolute atomic E-state index is 14.2. The third-order valence-corrected chi connectivity index (χ3v) is 6.83. The molecule has 0 aromatic heterocycles. The fourth-order valence-corrected chi connectivity index (χ4v) is 4.67. The normalized spacial score (nSPS) is 23.6. The molecule has 1 fully saturated rings. The van der Waals surface area contributed by atoms with Gasteiger partial charge in [-0.15, -0.1) is 0 Å². The van der Waals surface area contributed by atoms with Crippen LogP contribution in [0.3, 0.4) is 0 Å². The second kappa shape index (κ2) is 9.90. The van der Waals surface area contributed by atoms with E-state index in [4.69, 9.17) is 14.2 Å². The van der Waals surface area contributed by atoms with E-state index in [0.717, 1.165) is 16.7 Å². The highest BCUT2D eigenvalue weighted by Crippen LogP contribution is 2.50. The van der Waals surface area contributed by atoms with Gasteiger partial charge in [-0.3, -0.25) is 0 Å². The molecule has 180 valence electrons. The number of methoxy groups -OCH3 is 1. The Morgan fingerprint density at radius 2 is 1.26 bits per heavy atom. The van der Waals surface area contributed by atoms with E-state index in [1.165, 1.54) is 14.0 Å². The number of ether oxygens (including phenoxy) is 3. The summed E-state index contributed by atoms with van der Waals surface area (Å²) in [5.41, 5.74) is -0.724. The van der Waals surface area contributed by atoms with Crippen LogP contribution >= 0.6 is 0 Å². The van der Waals surface area contributed by atoms with Gasteiger partial charge < -0.3 is 14.2 Å². The van der Waals surface area contributed by atoms with Gasteiger partial charge in [0.25, 0.3) is 0 Å². The first-order chi connectivity index (χ1) is 16.3. The summed E-state index contributed by atoms with van der Waals surface area (Å²) in [5.74, 6) is 0. The van der Waals surface area contributed by atoms with E-state index < -0.39 is 29.6 Å². The number of hydrogen-bond acceptors (Lipinski definition) is 3. The van der Waals surface area contributed by atoms with Gasteiger partial charge in [-0.05, 0) is 36.5 Å². The predicted octanol–water partition coefficient (Wildman–Crippen LogP) is 6.72. The Balaban J connectivity index is 1.81. The minimum Gasteiger partial charge on any atom is -0.358 e. The predicted molar refractivity (Wildman–Crippen MR) is 124 cm³/mol. The highest BCUT2D eigenvalue weighted by molar-refractivity contribution is 5.47. The third-order valence-electron chi connectivity index (χ3n) is 6.83. The van der Waals surface area contributed by atoms with E-state index in [9.17, 15) is 13.2 Å². The number of benzene rings is 3. The van der Waals surface area contributed by atoms with Crippen molar-refractivity contribution in [3.05, 3.63) is 108 Å². The Kier molecular flexibility index (Phi) is 7.12. The lowest BCUT2D eigenvalue weighted by Crippen LogP contribution is -2.54. The first-order valence-electron chi connectivity index (χ1n) is 11.4. The van der Waals surface area contributed by atoms with Crippen LogP contribution in [0.25, 0.3) is 0 Å². The summed E-state index contributed by atoms with van der Waals surface area (Å²) < 4.78 is 60.4. The van der Waals surface area contributed by atoms with Gasteiger partial charge >= 0.3 is 6.18 Å². The molecule has 0 unspecified atom stereocenters. The Labute approximate surface area is 198 Å². The van der Waals surface area contributed by atoms with Crippen molar-refractivity contribution in [2.24, 2.45) is 5.41 Å². The molecule has 0 radical (unpaired) electrons. The third kappa shape index (κ3) is 4.50. The first-order valence-corrected chi connectivity index (χ1v) is 11.4. The van der Waals surface area contributed by atoms with E-state index in [0.29, 0.717) is 0 Å². The molecule has 3 aromatic rings. The van der Waals surface area contributed by atoms with Crippen molar-refractivity contribution in [1.29, 1.82) is 0 Å². The largest absolute Gasteiger partial charge is 0.396 e. The van der Waals surface area contributed by atoms with Crippen molar-refractivity contribution >= 4 is 0 Å². The van der Waals surface area contributed by atoms with Gasteiger partial charge in [-0.2, -0.15) is 13.2 Å². The Morgan fingerprint density at radius 3 is 1.65 bits per heavy atom. The molecule has 0 aliphatic carbocycles. The van der Waals surface area contributed by atoms with Gasteiger partial charge in [0.1, 0.15) is 5.60 Å². The summed E-state index contributed by atoms with van der Waals surface area (Å²) in [7, 11) is 1.45. The SMILES string of the molecule is CO[C@@H]1CC[C@](C)(C(F)(F)F)[C@@H](COC(c2ccccc2)(c2ccccc2)c2ccccc2)O1. The number of hydrogen-bond donors (Lipinski definition) is 0. The van der Waals surface area contributed by atoms with Crippen LogP contribution < -0.4 is 0 Å². The molecule has 0 saturated carbocycles. The molecular weight excluding hydrogens is 441 g/mol. The maximum Gasteiger partial charge on any atom is 0.396 e. The van der Waals surface area contributed by atoms with Gasteiger partial charge in [0.15, 0.2) is 6.29 Å². The molecule has 4 rings (SSSR count). The average molecular weight is 471 g/mol. The topological polar surface area (TPSA) is 27.7 Å². The molecule has 0 amide bonds. The summed E-state index contributed by atoms with van der Waals surface area (Å²) in [4.78, 5) is 0. The summed E-state index contributed by atoms with van der Waals surface area (Å²) >= 11 is 0. The highest BCUT2D eigenvalue weighted by Gasteiger charge is 2.59. The minimum atomic E-state index is -4.45. The average Bonchev–Trinajstić information content (AvgIpc) is 2.87. The van der Waals surface area contributed by atoms with Crippen LogP contribution in [0.5, 0.6) is 0 Å². The lowest BCUT2D eigenvalue weighted by atomic mass is 9.76. The molecule has 0 bridgehead atoms. The van der Waals surface area contributed by atoms with E-state index >= 15 is 0 Å². The zero-order valence-electron chi connectivity index (χ0n) is 19.3. The quantitative estimate of drug-likeness (QED) is 0.359. The second-order valence-corrected chi connectivity index (χ2v) is 8.83. The molecule has 3 nitrogen and oxygen atoms in total. The zero-order valence-corrected chi connectivity index (χ0v) is 19.3. The van der Waals surface area contributed by atoms with Gasteiger partial charge in [0.2, 0.25) is 0 Å². The van der Waals surface area contributed by atoms with Gasteiger partial charge in [0.05, 0.1) is 18.1 Å². The first kappa shape index (κ1) is 24.5. The van der Waals surface area contributed by atoms with Crippen LogP contribution in [0.4, 0.5) is 13.2 Å².